The fourth-order valence-corrected chi connectivity index (χ4v) is 4.81. The van der Waals surface area contributed by atoms with Gasteiger partial charge in [-0.05, 0) is 52.6 Å². The molecule has 0 aliphatic carbocycles. The average Bonchev–Trinajstić information content (AvgIpc) is 2.52. The molecule has 5 heteroatoms. The van der Waals surface area contributed by atoms with Crippen LogP contribution in [0, 0.1) is 0 Å². The molecule has 0 aliphatic heterocycles. The van der Waals surface area contributed by atoms with Gasteiger partial charge < -0.3 is 4.55 Å². The van der Waals surface area contributed by atoms with Crippen molar-refractivity contribution in [2.75, 3.05) is 0 Å². The second-order valence-corrected chi connectivity index (χ2v) is 8.08. The van der Waals surface area contributed by atoms with Crippen molar-refractivity contribution in [3.8, 4) is 0 Å². The second kappa shape index (κ2) is 9.52. The molecule has 132 valence electrons. The zero-order chi connectivity index (χ0) is 17.9. The Balaban J connectivity index is 0.00000312. The second-order valence-electron chi connectivity index (χ2n) is 6.76. The molecule has 2 rings (SSSR count). The summed E-state index contributed by atoms with van der Waals surface area (Å²) < 4.78 is 36.5. The molecule has 0 saturated heterocycles. The van der Waals surface area contributed by atoms with E-state index >= 15 is 0 Å². The van der Waals surface area contributed by atoms with Gasteiger partial charge in [-0.3, -0.25) is 0 Å². The SMILES string of the molecule is CCCC(C)c1cc2ccccc2c(C(C)CCC)c1S(=O)(=O)[O-].[Na+]. The maximum absolute atomic E-state index is 12.2. The predicted octanol–water partition coefficient (Wildman–Crippen LogP) is 2.56. The van der Waals surface area contributed by atoms with Crippen LogP contribution in [0.25, 0.3) is 10.8 Å². The smallest absolute Gasteiger partial charge is 0.744 e. The number of hydrogen-bond donors (Lipinski definition) is 0. The predicted molar refractivity (Wildman–Crippen MR) is 98.6 cm³/mol. The van der Waals surface area contributed by atoms with Gasteiger partial charge in [0, 0.05) is 0 Å². The topological polar surface area (TPSA) is 57.2 Å². The first-order chi connectivity index (χ1) is 11.3. The Labute approximate surface area is 174 Å². The van der Waals surface area contributed by atoms with Gasteiger partial charge in [-0.1, -0.05) is 64.8 Å². The summed E-state index contributed by atoms with van der Waals surface area (Å²) in [7, 11) is -4.53. The third kappa shape index (κ3) is 5.08. The fourth-order valence-electron chi connectivity index (χ4n) is 3.68. The first-order valence-electron chi connectivity index (χ1n) is 8.82. The molecule has 2 atom stereocenters. The molecule has 0 aromatic heterocycles. The molecule has 0 saturated carbocycles. The molecule has 0 N–H and O–H groups in total. The van der Waals surface area contributed by atoms with Crippen LogP contribution in [0.3, 0.4) is 0 Å². The van der Waals surface area contributed by atoms with Gasteiger partial charge in [-0.15, -0.1) is 0 Å². The Hall–Kier alpha value is -0.390. The van der Waals surface area contributed by atoms with E-state index in [9.17, 15) is 13.0 Å². The first kappa shape index (κ1) is 22.7. The van der Waals surface area contributed by atoms with E-state index < -0.39 is 10.1 Å². The van der Waals surface area contributed by atoms with Crippen molar-refractivity contribution < 1.29 is 42.5 Å². The average molecular weight is 370 g/mol. The molecule has 2 aromatic carbocycles. The van der Waals surface area contributed by atoms with Crippen molar-refractivity contribution in [2.45, 2.75) is 70.1 Å². The van der Waals surface area contributed by atoms with Gasteiger partial charge in [0.15, 0.2) is 0 Å². The van der Waals surface area contributed by atoms with Crippen molar-refractivity contribution in [3.63, 3.8) is 0 Å². The minimum absolute atomic E-state index is 0. The molecule has 0 fully saturated rings. The minimum Gasteiger partial charge on any atom is -0.744 e. The van der Waals surface area contributed by atoms with Crippen LogP contribution in [0.1, 0.15) is 76.3 Å². The molecule has 0 amide bonds. The molecule has 3 nitrogen and oxygen atoms in total. The molecule has 0 heterocycles. The van der Waals surface area contributed by atoms with Crippen LogP contribution in [0.15, 0.2) is 35.2 Å². The maximum atomic E-state index is 12.2. The minimum atomic E-state index is -4.53. The summed E-state index contributed by atoms with van der Waals surface area (Å²) in [5, 5.41) is 1.90. The largest absolute Gasteiger partial charge is 1.00 e. The van der Waals surface area contributed by atoms with Gasteiger partial charge in [0.2, 0.25) is 0 Å². The van der Waals surface area contributed by atoms with Crippen LogP contribution in [0.5, 0.6) is 0 Å². The Morgan fingerprint density at radius 3 is 2.12 bits per heavy atom. The van der Waals surface area contributed by atoms with E-state index in [2.05, 4.69) is 13.8 Å². The molecular weight excluding hydrogens is 343 g/mol. The van der Waals surface area contributed by atoms with Crippen LogP contribution >= 0.6 is 0 Å². The Morgan fingerprint density at radius 1 is 1.00 bits per heavy atom. The molecule has 0 radical (unpaired) electrons. The maximum Gasteiger partial charge on any atom is 1.00 e. The zero-order valence-corrected chi connectivity index (χ0v) is 18.8. The van der Waals surface area contributed by atoms with E-state index in [4.69, 9.17) is 0 Å². The van der Waals surface area contributed by atoms with Gasteiger partial charge in [0.25, 0.3) is 0 Å². The summed E-state index contributed by atoms with van der Waals surface area (Å²) in [5.41, 5.74) is 1.39. The normalized spacial score (nSPS) is 14.1. The van der Waals surface area contributed by atoms with E-state index in [1.165, 1.54) is 0 Å². The van der Waals surface area contributed by atoms with Crippen LogP contribution in [-0.4, -0.2) is 13.0 Å². The number of fused-ring (bicyclic) bond motifs is 1. The number of rotatable bonds is 7. The molecule has 25 heavy (non-hydrogen) atoms. The van der Waals surface area contributed by atoms with Gasteiger partial charge in [-0.2, -0.15) is 0 Å². The van der Waals surface area contributed by atoms with E-state index in [0.29, 0.717) is 11.1 Å². The molecule has 2 unspecified atom stereocenters. The zero-order valence-electron chi connectivity index (χ0n) is 16.0. The molecule has 0 spiro atoms. The summed E-state index contributed by atoms with van der Waals surface area (Å²) in [6.07, 6.45) is 3.62. The van der Waals surface area contributed by atoms with Gasteiger partial charge in [0.05, 0.1) is 4.90 Å². The van der Waals surface area contributed by atoms with Gasteiger partial charge >= 0.3 is 29.6 Å². The quantitative estimate of drug-likeness (QED) is 0.556. The van der Waals surface area contributed by atoms with Crippen molar-refractivity contribution >= 4 is 20.9 Å². The number of hydrogen-bond acceptors (Lipinski definition) is 3. The standard InChI is InChI=1S/C20H28O3S.Na/c1-5-9-14(3)18-13-16-11-7-8-12-17(16)19(15(4)10-6-2)20(18)24(21,22)23;/h7-8,11-15H,5-6,9-10H2,1-4H3,(H,21,22,23);/q;+1/p-1. The number of benzene rings is 2. The Kier molecular flexibility index (Phi) is 8.62. The summed E-state index contributed by atoms with van der Waals surface area (Å²) in [6.45, 7) is 8.18. The molecule has 0 aliphatic rings. The van der Waals surface area contributed by atoms with Gasteiger partial charge in [0.1, 0.15) is 10.1 Å². The van der Waals surface area contributed by atoms with Crippen LogP contribution in [0.4, 0.5) is 0 Å². The van der Waals surface area contributed by atoms with Crippen LogP contribution in [-0.2, 0) is 10.1 Å². The molecular formula is C20H27NaO3S. The summed E-state index contributed by atoms with van der Waals surface area (Å²) in [5.74, 6) is 0.0818. The van der Waals surface area contributed by atoms with Crippen molar-refractivity contribution in [1.29, 1.82) is 0 Å². The molecule has 2 aromatic rings. The van der Waals surface area contributed by atoms with Crippen LogP contribution < -0.4 is 29.6 Å². The fraction of sp³-hybridized carbons (Fsp3) is 0.500. The monoisotopic (exact) mass is 370 g/mol. The van der Waals surface area contributed by atoms with Crippen molar-refractivity contribution in [2.24, 2.45) is 0 Å². The summed E-state index contributed by atoms with van der Waals surface area (Å²) >= 11 is 0. The van der Waals surface area contributed by atoms with Crippen molar-refractivity contribution in [3.05, 3.63) is 41.5 Å². The van der Waals surface area contributed by atoms with E-state index in [1.54, 1.807) is 0 Å². The van der Waals surface area contributed by atoms with E-state index in [0.717, 1.165) is 36.5 Å². The summed E-state index contributed by atoms with van der Waals surface area (Å²) in [4.78, 5) is 0.0306. The van der Waals surface area contributed by atoms with Crippen LogP contribution in [0.2, 0.25) is 0 Å². The Bertz CT molecular complexity index is 815. The van der Waals surface area contributed by atoms with E-state index in [-0.39, 0.29) is 46.3 Å². The summed E-state index contributed by atoms with van der Waals surface area (Å²) in [6, 6.07) is 9.69. The van der Waals surface area contributed by atoms with E-state index in [1.807, 2.05) is 44.2 Å². The molecule has 0 bridgehead atoms. The Morgan fingerprint density at radius 2 is 1.56 bits per heavy atom. The first-order valence-corrected chi connectivity index (χ1v) is 10.2. The third-order valence-corrected chi connectivity index (χ3v) is 5.74. The third-order valence-electron chi connectivity index (χ3n) is 4.79. The van der Waals surface area contributed by atoms with Gasteiger partial charge in [-0.25, -0.2) is 8.42 Å². The van der Waals surface area contributed by atoms with Crippen molar-refractivity contribution in [1.82, 2.24) is 0 Å².